The molecule has 0 unspecified atom stereocenters. The van der Waals surface area contributed by atoms with Gasteiger partial charge in [0.15, 0.2) is 5.78 Å². The number of anilines is 1. The molecule has 0 atom stereocenters. The lowest BCUT2D eigenvalue weighted by Gasteiger charge is -2.12. The topological polar surface area (TPSA) is 70.1 Å². The van der Waals surface area contributed by atoms with E-state index in [-0.39, 0.29) is 5.78 Å². The molecule has 28 heavy (non-hydrogen) atoms. The number of nitrogens with two attached hydrogens (primary N) is 1. The molecule has 5 heteroatoms. The minimum Gasteiger partial charge on any atom is -0.496 e. The summed E-state index contributed by atoms with van der Waals surface area (Å²) in [7, 11) is 1.67. The normalized spacial score (nSPS) is 14.2. The van der Waals surface area contributed by atoms with Crippen molar-refractivity contribution in [3.8, 4) is 16.9 Å². The van der Waals surface area contributed by atoms with Crippen molar-refractivity contribution in [2.24, 2.45) is 0 Å². The standard InChI is InChI=1S/C23H21N3O2/c1-28-21-12-15-8-9-17-22(25-26-10-3-2-7-20(27)23(17)26)19(15)13-18(21)14-5-4-6-16(24)11-14/h4-6,8-9,11-13H,2-3,7,10,24H2,1H3. The van der Waals surface area contributed by atoms with E-state index in [1.165, 1.54) is 0 Å². The molecule has 0 saturated carbocycles. The maximum Gasteiger partial charge on any atom is 0.181 e. The highest BCUT2D eigenvalue weighted by Gasteiger charge is 2.22. The molecule has 1 aromatic heterocycles. The van der Waals surface area contributed by atoms with E-state index < -0.39 is 0 Å². The van der Waals surface area contributed by atoms with Crippen LogP contribution in [0.15, 0.2) is 48.5 Å². The monoisotopic (exact) mass is 371 g/mol. The predicted molar refractivity (Wildman–Crippen MR) is 112 cm³/mol. The molecule has 140 valence electrons. The summed E-state index contributed by atoms with van der Waals surface area (Å²) in [5, 5.41) is 7.82. The number of ether oxygens (including phenoxy) is 1. The molecular weight excluding hydrogens is 350 g/mol. The number of carbonyl (C=O) groups is 1. The Morgan fingerprint density at radius 2 is 1.96 bits per heavy atom. The number of hydrogen-bond donors (Lipinski definition) is 1. The van der Waals surface area contributed by atoms with Crippen LogP contribution in [-0.2, 0) is 6.54 Å². The number of Topliss-reactive ketones (excluding diaryl/α,β-unsaturated/α-hetero) is 1. The SMILES string of the molecule is COc1cc2ccc3c4n(nc3c2cc1-c1cccc(N)c1)CCCCC4=O. The molecule has 1 aliphatic heterocycles. The molecule has 4 aromatic rings. The summed E-state index contributed by atoms with van der Waals surface area (Å²) in [6, 6.07) is 16.0. The summed E-state index contributed by atoms with van der Waals surface area (Å²) in [6.45, 7) is 0.787. The number of benzene rings is 3. The largest absolute Gasteiger partial charge is 0.496 e. The van der Waals surface area contributed by atoms with E-state index in [1.807, 2.05) is 47.1 Å². The second kappa shape index (κ2) is 6.37. The first-order valence-corrected chi connectivity index (χ1v) is 9.56. The fourth-order valence-corrected chi connectivity index (χ4v) is 4.17. The lowest BCUT2D eigenvalue weighted by Crippen LogP contribution is -2.06. The van der Waals surface area contributed by atoms with Crippen LogP contribution >= 0.6 is 0 Å². The van der Waals surface area contributed by atoms with Gasteiger partial charge in [-0.15, -0.1) is 0 Å². The minimum atomic E-state index is 0.184. The Bertz CT molecular complexity index is 1240. The molecule has 5 rings (SSSR count). The van der Waals surface area contributed by atoms with E-state index >= 15 is 0 Å². The first kappa shape index (κ1) is 16.8. The zero-order chi connectivity index (χ0) is 19.3. The zero-order valence-electron chi connectivity index (χ0n) is 15.7. The number of aryl methyl sites for hydroxylation is 1. The van der Waals surface area contributed by atoms with Gasteiger partial charge in [-0.3, -0.25) is 9.48 Å². The highest BCUT2D eigenvalue weighted by Crippen LogP contribution is 2.38. The van der Waals surface area contributed by atoms with Gasteiger partial charge in [0, 0.05) is 35.0 Å². The Kier molecular flexibility index (Phi) is 3.83. The number of carbonyl (C=O) groups excluding carboxylic acids is 1. The van der Waals surface area contributed by atoms with Gasteiger partial charge in [0.05, 0.1) is 7.11 Å². The fraction of sp³-hybridized carbons (Fsp3) is 0.217. The van der Waals surface area contributed by atoms with Crippen LogP contribution in [0.25, 0.3) is 32.8 Å². The quantitative estimate of drug-likeness (QED) is 0.513. The maximum atomic E-state index is 12.6. The van der Waals surface area contributed by atoms with Gasteiger partial charge >= 0.3 is 0 Å². The number of aromatic nitrogens is 2. The van der Waals surface area contributed by atoms with Crippen molar-refractivity contribution in [1.29, 1.82) is 0 Å². The number of ketones is 1. The number of nitrogen functional groups attached to an aromatic ring is 1. The van der Waals surface area contributed by atoms with Gasteiger partial charge in [0.1, 0.15) is 17.0 Å². The molecule has 0 bridgehead atoms. The van der Waals surface area contributed by atoms with Gasteiger partial charge < -0.3 is 10.5 Å². The summed E-state index contributed by atoms with van der Waals surface area (Å²) >= 11 is 0. The molecule has 0 amide bonds. The molecule has 0 radical (unpaired) electrons. The molecule has 5 nitrogen and oxygen atoms in total. The lowest BCUT2D eigenvalue weighted by molar-refractivity contribution is 0.0978. The van der Waals surface area contributed by atoms with Crippen molar-refractivity contribution in [3.05, 3.63) is 54.2 Å². The van der Waals surface area contributed by atoms with E-state index in [0.717, 1.165) is 63.6 Å². The summed E-state index contributed by atoms with van der Waals surface area (Å²) in [6.07, 6.45) is 2.50. The van der Waals surface area contributed by atoms with Crippen LogP contribution in [0.3, 0.4) is 0 Å². The zero-order valence-corrected chi connectivity index (χ0v) is 15.7. The third-order valence-electron chi connectivity index (χ3n) is 5.53. The molecule has 0 fully saturated rings. The summed E-state index contributed by atoms with van der Waals surface area (Å²) in [5.41, 5.74) is 10.3. The second-order valence-electron chi connectivity index (χ2n) is 7.31. The van der Waals surface area contributed by atoms with Gasteiger partial charge in [-0.2, -0.15) is 5.10 Å². The molecule has 2 heterocycles. The third-order valence-corrected chi connectivity index (χ3v) is 5.53. The Morgan fingerprint density at radius 3 is 2.79 bits per heavy atom. The maximum absolute atomic E-state index is 12.6. The number of rotatable bonds is 2. The van der Waals surface area contributed by atoms with E-state index in [1.54, 1.807) is 7.11 Å². The Morgan fingerprint density at radius 1 is 1.07 bits per heavy atom. The van der Waals surface area contributed by atoms with Crippen LogP contribution in [0.1, 0.15) is 29.8 Å². The van der Waals surface area contributed by atoms with E-state index in [9.17, 15) is 4.79 Å². The number of methoxy groups -OCH3 is 1. The van der Waals surface area contributed by atoms with Crippen LogP contribution in [-0.4, -0.2) is 22.7 Å². The number of nitrogens with zero attached hydrogens (tertiary/aromatic N) is 2. The van der Waals surface area contributed by atoms with E-state index in [2.05, 4.69) is 6.07 Å². The molecular formula is C23H21N3O2. The van der Waals surface area contributed by atoms with Crippen molar-refractivity contribution in [3.63, 3.8) is 0 Å². The highest BCUT2D eigenvalue weighted by molar-refractivity contribution is 6.14. The van der Waals surface area contributed by atoms with Crippen molar-refractivity contribution in [1.82, 2.24) is 9.78 Å². The molecule has 0 saturated heterocycles. The lowest BCUT2D eigenvalue weighted by atomic mass is 9.97. The summed E-state index contributed by atoms with van der Waals surface area (Å²) in [5.74, 6) is 0.971. The third kappa shape index (κ3) is 2.54. The predicted octanol–water partition coefficient (Wildman–Crippen LogP) is 4.81. The molecule has 0 spiro atoms. The summed E-state index contributed by atoms with van der Waals surface area (Å²) < 4.78 is 7.55. The Hall–Kier alpha value is -3.34. The average molecular weight is 371 g/mol. The average Bonchev–Trinajstić information content (AvgIpc) is 2.99. The van der Waals surface area contributed by atoms with Crippen molar-refractivity contribution < 1.29 is 9.53 Å². The van der Waals surface area contributed by atoms with Crippen molar-refractivity contribution in [2.75, 3.05) is 12.8 Å². The first-order valence-electron chi connectivity index (χ1n) is 9.56. The Labute approximate surface area is 162 Å². The Balaban J connectivity index is 1.82. The number of fused-ring (bicyclic) bond motifs is 5. The number of hydrogen-bond acceptors (Lipinski definition) is 4. The van der Waals surface area contributed by atoms with Crippen LogP contribution in [0.2, 0.25) is 0 Å². The molecule has 2 N–H and O–H groups in total. The van der Waals surface area contributed by atoms with Gasteiger partial charge in [-0.1, -0.05) is 18.2 Å². The minimum absolute atomic E-state index is 0.184. The van der Waals surface area contributed by atoms with Crippen LogP contribution in [0.5, 0.6) is 5.75 Å². The molecule has 3 aromatic carbocycles. The first-order chi connectivity index (χ1) is 13.7. The van der Waals surface area contributed by atoms with Crippen LogP contribution in [0.4, 0.5) is 5.69 Å². The fourth-order valence-electron chi connectivity index (χ4n) is 4.17. The van der Waals surface area contributed by atoms with Crippen LogP contribution in [0, 0.1) is 0 Å². The molecule has 1 aliphatic rings. The highest BCUT2D eigenvalue weighted by atomic mass is 16.5. The van der Waals surface area contributed by atoms with Crippen LogP contribution < -0.4 is 10.5 Å². The second-order valence-corrected chi connectivity index (χ2v) is 7.31. The smallest absolute Gasteiger partial charge is 0.181 e. The van der Waals surface area contributed by atoms with E-state index in [0.29, 0.717) is 12.1 Å². The van der Waals surface area contributed by atoms with Crippen molar-refractivity contribution in [2.45, 2.75) is 25.8 Å². The van der Waals surface area contributed by atoms with Gasteiger partial charge in [0.2, 0.25) is 0 Å². The van der Waals surface area contributed by atoms with Gasteiger partial charge in [-0.25, -0.2) is 0 Å². The van der Waals surface area contributed by atoms with Gasteiger partial charge in [0.25, 0.3) is 0 Å². The summed E-state index contributed by atoms with van der Waals surface area (Å²) in [4.78, 5) is 12.6. The van der Waals surface area contributed by atoms with E-state index in [4.69, 9.17) is 15.6 Å². The molecule has 0 aliphatic carbocycles. The van der Waals surface area contributed by atoms with Gasteiger partial charge in [-0.05, 0) is 54.1 Å². The van der Waals surface area contributed by atoms with Crippen molar-refractivity contribution >= 4 is 33.1 Å².